The largest absolute Gasteiger partial charge is 0.457 e. The van der Waals surface area contributed by atoms with Crippen molar-refractivity contribution in [3.63, 3.8) is 0 Å². The van der Waals surface area contributed by atoms with Gasteiger partial charge in [0.25, 0.3) is 0 Å². The lowest BCUT2D eigenvalue weighted by Gasteiger charge is -2.41. The van der Waals surface area contributed by atoms with Gasteiger partial charge in [-0.25, -0.2) is 4.99 Å². The van der Waals surface area contributed by atoms with E-state index in [2.05, 4.69) is 170 Å². The summed E-state index contributed by atoms with van der Waals surface area (Å²) in [4.78, 5) is 10.9. The lowest BCUT2D eigenvalue weighted by Crippen LogP contribution is -2.33. The van der Waals surface area contributed by atoms with E-state index in [9.17, 15) is 0 Å². The Labute approximate surface area is 333 Å². The molecule has 2 heterocycles. The van der Waals surface area contributed by atoms with Gasteiger partial charge in [0.05, 0.1) is 17.2 Å². The number of fused-ring (bicyclic) bond motifs is 8. The second-order valence-corrected chi connectivity index (χ2v) is 16.2. The third-order valence-electron chi connectivity index (χ3n) is 13.1. The van der Waals surface area contributed by atoms with E-state index in [0.717, 1.165) is 77.4 Å². The average Bonchev–Trinajstić information content (AvgIpc) is 3.57. The van der Waals surface area contributed by atoms with E-state index >= 15 is 0 Å². The van der Waals surface area contributed by atoms with Gasteiger partial charge in [-0.2, -0.15) is 0 Å². The number of nitrogens with zero attached hydrogens (tertiary/aromatic N) is 2. The predicted octanol–water partition coefficient (Wildman–Crippen LogP) is 13.2. The maximum Gasteiger partial charge on any atom is 0.156 e. The maximum absolute atomic E-state index is 6.93. The van der Waals surface area contributed by atoms with Crippen LogP contribution in [0.25, 0.3) is 28.9 Å². The molecule has 0 radical (unpaired) electrons. The fourth-order valence-electron chi connectivity index (χ4n) is 10.7. The van der Waals surface area contributed by atoms with Crippen molar-refractivity contribution in [2.75, 3.05) is 0 Å². The van der Waals surface area contributed by atoms with Crippen LogP contribution in [0.4, 0.5) is 0 Å². The van der Waals surface area contributed by atoms with E-state index in [4.69, 9.17) is 14.7 Å². The number of aliphatic imine (C=N–C) groups is 2. The fraction of sp³-hybridized carbons (Fsp3) is 0.148. The Kier molecular flexibility index (Phi) is 7.29. The molecule has 6 aromatic rings. The SMILES string of the molecule is C1=CC2=C(CC1)C1(c3ccccc3Oc3cc(-c4ccccc4C4=NC(c5cc6c7c(c5)C=CCC7CC=C6)CC(c5ccccc5)=N4)ccc31)c1ccccc12. The van der Waals surface area contributed by atoms with Gasteiger partial charge in [0, 0.05) is 23.1 Å². The number of allylic oxidation sites excluding steroid dienone is 6. The molecule has 0 saturated heterocycles. The molecule has 12 rings (SSSR count). The minimum atomic E-state index is -0.410. The smallest absolute Gasteiger partial charge is 0.156 e. The van der Waals surface area contributed by atoms with Gasteiger partial charge in [0.1, 0.15) is 11.5 Å². The summed E-state index contributed by atoms with van der Waals surface area (Å²) in [6.07, 6.45) is 19.0. The highest BCUT2D eigenvalue weighted by Crippen LogP contribution is 2.63. The molecule has 57 heavy (non-hydrogen) atoms. The zero-order valence-electron chi connectivity index (χ0n) is 31.7. The second kappa shape index (κ2) is 12.7. The number of amidine groups is 1. The molecule has 0 amide bonds. The molecule has 3 nitrogen and oxygen atoms in total. The van der Waals surface area contributed by atoms with Crippen LogP contribution in [0.5, 0.6) is 11.5 Å². The summed E-state index contributed by atoms with van der Waals surface area (Å²) in [5.41, 5.74) is 18.4. The van der Waals surface area contributed by atoms with Gasteiger partial charge >= 0.3 is 0 Å². The highest BCUT2D eigenvalue weighted by Gasteiger charge is 2.52. The van der Waals surface area contributed by atoms with E-state index < -0.39 is 5.41 Å². The Morgan fingerprint density at radius 2 is 1.28 bits per heavy atom. The third-order valence-corrected chi connectivity index (χ3v) is 13.1. The molecule has 0 N–H and O–H groups in total. The summed E-state index contributed by atoms with van der Waals surface area (Å²) in [6, 6.07) is 48.5. The molecule has 4 aliphatic carbocycles. The molecule has 3 heteroatoms. The zero-order chi connectivity index (χ0) is 37.5. The average molecular weight is 733 g/mol. The van der Waals surface area contributed by atoms with Crippen molar-refractivity contribution in [1.82, 2.24) is 0 Å². The van der Waals surface area contributed by atoms with Crippen LogP contribution in [0.3, 0.4) is 0 Å². The van der Waals surface area contributed by atoms with Crippen molar-refractivity contribution in [1.29, 1.82) is 0 Å². The van der Waals surface area contributed by atoms with Crippen LogP contribution in [0.1, 0.15) is 99.7 Å². The van der Waals surface area contributed by atoms with Crippen molar-refractivity contribution in [2.45, 2.75) is 49.5 Å². The molecule has 0 saturated carbocycles. The van der Waals surface area contributed by atoms with Gasteiger partial charge in [0.2, 0.25) is 0 Å². The molecular formula is C54H40N2O. The van der Waals surface area contributed by atoms with Crippen molar-refractivity contribution in [2.24, 2.45) is 9.98 Å². The lowest BCUT2D eigenvalue weighted by molar-refractivity contribution is 0.432. The monoisotopic (exact) mass is 732 g/mol. The highest BCUT2D eigenvalue weighted by atomic mass is 16.5. The lowest BCUT2D eigenvalue weighted by atomic mass is 9.64. The Morgan fingerprint density at radius 1 is 0.579 bits per heavy atom. The van der Waals surface area contributed by atoms with E-state index in [1.165, 1.54) is 55.7 Å². The Bertz CT molecular complexity index is 2830. The number of para-hydroxylation sites is 1. The molecular weight excluding hydrogens is 693 g/mol. The maximum atomic E-state index is 6.93. The summed E-state index contributed by atoms with van der Waals surface area (Å²) in [5, 5.41) is 0. The minimum absolute atomic E-state index is 0.0657. The first-order valence-electron chi connectivity index (χ1n) is 20.5. The topological polar surface area (TPSA) is 34.0 Å². The summed E-state index contributed by atoms with van der Waals surface area (Å²) in [5.74, 6) is 3.16. The van der Waals surface area contributed by atoms with Gasteiger partial charge in [-0.1, -0.05) is 146 Å². The summed E-state index contributed by atoms with van der Waals surface area (Å²) in [7, 11) is 0. The molecule has 6 aliphatic rings. The normalized spacial score (nSPS) is 20.9. The van der Waals surface area contributed by atoms with Crippen molar-refractivity contribution in [3.8, 4) is 22.6 Å². The Balaban J connectivity index is 1.02. The predicted molar refractivity (Wildman–Crippen MR) is 233 cm³/mol. The third kappa shape index (κ3) is 4.91. The molecule has 1 spiro atoms. The van der Waals surface area contributed by atoms with E-state index in [1.54, 1.807) is 0 Å². The molecule has 0 fully saturated rings. The van der Waals surface area contributed by atoms with Gasteiger partial charge < -0.3 is 4.74 Å². The van der Waals surface area contributed by atoms with Crippen molar-refractivity contribution >= 4 is 29.3 Å². The number of ether oxygens (including phenoxy) is 1. The van der Waals surface area contributed by atoms with E-state index in [1.807, 2.05) is 0 Å². The van der Waals surface area contributed by atoms with E-state index in [0.29, 0.717) is 5.92 Å². The van der Waals surface area contributed by atoms with Gasteiger partial charge in [-0.15, -0.1) is 0 Å². The standard InChI is InChI=1S/C54H40N2O/c1-2-14-34(15-3-1)48-33-49(39-30-37-18-12-16-35-17-13-19-38(31-39)52(35)37)56-53(55-48)43-23-5-4-20-40(43)36-28-29-47-51(32-36)57-50-27-11-10-26-46(50)54(47)44-24-8-6-21-41(44)42-22-7-9-25-45(42)54/h1-8,10-15,18-24,26-32,35,49H,9,16-17,25,33H2. The molecule has 2 unspecified atom stereocenters. The summed E-state index contributed by atoms with van der Waals surface area (Å²) in [6.45, 7) is 0. The van der Waals surface area contributed by atoms with E-state index in [-0.39, 0.29) is 6.04 Å². The van der Waals surface area contributed by atoms with Gasteiger partial charge in [-0.3, -0.25) is 4.99 Å². The van der Waals surface area contributed by atoms with Crippen molar-refractivity contribution in [3.05, 3.63) is 219 Å². The molecule has 2 atom stereocenters. The number of rotatable bonds is 4. The van der Waals surface area contributed by atoms with Crippen LogP contribution < -0.4 is 4.74 Å². The highest BCUT2D eigenvalue weighted by molar-refractivity contribution is 6.16. The van der Waals surface area contributed by atoms with Gasteiger partial charge in [-0.05, 0) is 117 Å². The molecule has 2 aliphatic heterocycles. The summed E-state index contributed by atoms with van der Waals surface area (Å²) >= 11 is 0. The second-order valence-electron chi connectivity index (χ2n) is 16.2. The number of hydrogen-bond donors (Lipinski definition) is 0. The Morgan fingerprint density at radius 3 is 2.11 bits per heavy atom. The minimum Gasteiger partial charge on any atom is -0.457 e. The van der Waals surface area contributed by atoms with Crippen LogP contribution in [-0.2, 0) is 5.41 Å². The summed E-state index contributed by atoms with van der Waals surface area (Å²) < 4.78 is 6.93. The molecule has 272 valence electrons. The first-order valence-corrected chi connectivity index (χ1v) is 20.5. The first kappa shape index (κ1) is 32.6. The quantitative estimate of drug-likeness (QED) is 0.178. The number of benzene rings is 6. The van der Waals surface area contributed by atoms with Crippen LogP contribution in [0.15, 0.2) is 173 Å². The molecule has 0 bridgehead atoms. The first-order chi connectivity index (χ1) is 28.2. The zero-order valence-corrected chi connectivity index (χ0v) is 31.7. The Hall–Kier alpha value is -6.58. The van der Waals surface area contributed by atoms with Crippen molar-refractivity contribution < 1.29 is 4.74 Å². The molecule has 6 aromatic carbocycles. The molecule has 0 aromatic heterocycles. The van der Waals surface area contributed by atoms with Crippen LogP contribution >= 0.6 is 0 Å². The van der Waals surface area contributed by atoms with Gasteiger partial charge in [0.15, 0.2) is 5.84 Å². The van der Waals surface area contributed by atoms with Crippen LogP contribution in [-0.4, -0.2) is 11.5 Å². The number of hydrogen-bond acceptors (Lipinski definition) is 3. The fourth-order valence-corrected chi connectivity index (χ4v) is 10.7. The van der Waals surface area contributed by atoms with Crippen LogP contribution in [0.2, 0.25) is 0 Å². The van der Waals surface area contributed by atoms with Crippen LogP contribution in [0, 0.1) is 0 Å².